The molecule has 2 aromatic heterocycles. The molecule has 1 amide bonds. The number of nitrogens with zero attached hydrogens (tertiary/aromatic N) is 1. The summed E-state index contributed by atoms with van der Waals surface area (Å²) in [5.74, 6) is -3.03. The zero-order valence-corrected chi connectivity index (χ0v) is 11.8. The molecule has 0 aliphatic heterocycles. The van der Waals surface area contributed by atoms with Crippen LogP contribution in [0, 0.1) is 0 Å². The van der Waals surface area contributed by atoms with Crippen molar-refractivity contribution in [2.24, 2.45) is 0 Å². The Bertz CT molecular complexity index is 807. The molecule has 2 heterocycles. The van der Waals surface area contributed by atoms with E-state index in [1.807, 2.05) is 0 Å². The van der Waals surface area contributed by atoms with Crippen molar-refractivity contribution in [1.29, 1.82) is 0 Å². The summed E-state index contributed by atoms with van der Waals surface area (Å²) < 4.78 is 0.936. The molecular formula is C13H10N2O6S. The second-order valence-corrected chi connectivity index (χ2v) is 5.12. The number of aromatic nitrogens is 1. The summed E-state index contributed by atoms with van der Waals surface area (Å²) in [6, 6.07) is 3.62. The van der Waals surface area contributed by atoms with Crippen LogP contribution in [0.25, 0.3) is 0 Å². The third kappa shape index (κ3) is 3.38. The number of anilines is 1. The number of carboxylic acids is 2. The van der Waals surface area contributed by atoms with Crippen LogP contribution in [-0.2, 0) is 11.3 Å². The van der Waals surface area contributed by atoms with Gasteiger partial charge in [-0.25, -0.2) is 9.59 Å². The first kappa shape index (κ1) is 15.4. The third-order valence-electron chi connectivity index (χ3n) is 2.68. The van der Waals surface area contributed by atoms with E-state index in [9.17, 15) is 19.2 Å². The molecule has 0 aliphatic rings. The smallest absolute Gasteiger partial charge is 0.348 e. The number of hydrogen-bond donors (Lipinski definition) is 3. The van der Waals surface area contributed by atoms with Gasteiger partial charge in [0.2, 0.25) is 5.91 Å². The van der Waals surface area contributed by atoms with Gasteiger partial charge in [0, 0.05) is 12.3 Å². The number of carbonyl (C=O) groups is 3. The van der Waals surface area contributed by atoms with E-state index in [4.69, 9.17) is 10.2 Å². The molecule has 0 bridgehead atoms. The second kappa shape index (κ2) is 6.22. The van der Waals surface area contributed by atoms with Gasteiger partial charge in [-0.1, -0.05) is 0 Å². The maximum Gasteiger partial charge on any atom is 0.348 e. The minimum atomic E-state index is -1.22. The Morgan fingerprint density at radius 2 is 1.86 bits per heavy atom. The predicted molar refractivity (Wildman–Crippen MR) is 77.6 cm³/mol. The lowest BCUT2D eigenvalue weighted by Crippen LogP contribution is -2.27. The van der Waals surface area contributed by atoms with E-state index in [2.05, 4.69) is 5.32 Å². The highest BCUT2D eigenvalue weighted by Gasteiger charge is 2.15. The van der Waals surface area contributed by atoms with Gasteiger partial charge < -0.3 is 20.1 Å². The summed E-state index contributed by atoms with van der Waals surface area (Å²) in [5, 5.41) is 21.7. The Labute approximate surface area is 127 Å². The maximum atomic E-state index is 11.9. The average Bonchev–Trinajstić information content (AvgIpc) is 2.89. The van der Waals surface area contributed by atoms with Gasteiger partial charge in [-0.2, -0.15) is 0 Å². The second-order valence-electron chi connectivity index (χ2n) is 4.21. The van der Waals surface area contributed by atoms with Crippen LogP contribution in [-0.4, -0.2) is 32.6 Å². The first-order valence-electron chi connectivity index (χ1n) is 5.93. The van der Waals surface area contributed by atoms with Gasteiger partial charge in [0.15, 0.2) is 0 Å². The van der Waals surface area contributed by atoms with E-state index in [0.717, 1.165) is 34.2 Å². The standard InChI is InChI=1S/C13H10N2O6S/c16-9(14-8-3-4-22-11(8)13(20)21)6-15-5-7(12(18)19)1-2-10(15)17/h1-5H,6H2,(H,14,16)(H,18,19)(H,20,21). The van der Waals surface area contributed by atoms with Crippen LogP contribution < -0.4 is 10.9 Å². The SMILES string of the molecule is O=C(Cn1cc(C(=O)O)ccc1=O)Nc1ccsc1C(=O)O. The average molecular weight is 322 g/mol. The summed E-state index contributed by atoms with van der Waals surface area (Å²) in [5.41, 5.74) is -0.539. The number of aromatic carboxylic acids is 2. The summed E-state index contributed by atoms with van der Waals surface area (Å²) in [6.45, 7) is -0.422. The van der Waals surface area contributed by atoms with Gasteiger partial charge in [-0.05, 0) is 17.5 Å². The van der Waals surface area contributed by atoms with Gasteiger partial charge in [0.1, 0.15) is 11.4 Å². The molecule has 0 aromatic carbocycles. The topological polar surface area (TPSA) is 126 Å². The largest absolute Gasteiger partial charge is 0.478 e. The van der Waals surface area contributed by atoms with Crippen LogP contribution in [0.15, 0.2) is 34.6 Å². The number of hydrogen-bond acceptors (Lipinski definition) is 5. The Morgan fingerprint density at radius 3 is 2.50 bits per heavy atom. The van der Waals surface area contributed by atoms with Gasteiger partial charge in [0.25, 0.3) is 5.56 Å². The van der Waals surface area contributed by atoms with Crippen LogP contribution in [0.4, 0.5) is 5.69 Å². The van der Waals surface area contributed by atoms with Crippen molar-refractivity contribution < 1.29 is 24.6 Å². The van der Waals surface area contributed by atoms with Crippen LogP contribution in [0.1, 0.15) is 20.0 Å². The van der Waals surface area contributed by atoms with Crippen molar-refractivity contribution in [3.05, 3.63) is 50.6 Å². The van der Waals surface area contributed by atoms with E-state index in [1.54, 1.807) is 0 Å². The van der Waals surface area contributed by atoms with Crippen molar-refractivity contribution >= 4 is 34.9 Å². The van der Waals surface area contributed by atoms with E-state index in [-0.39, 0.29) is 16.1 Å². The van der Waals surface area contributed by atoms with Gasteiger partial charge >= 0.3 is 11.9 Å². The molecule has 0 saturated heterocycles. The third-order valence-corrected chi connectivity index (χ3v) is 3.58. The fourth-order valence-corrected chi connectivity index (χ4v) is 2.39. The zero-order chi connectivity index (χ0) is 16.3. The lowest BCUT2D eigenvalue weighted by atomic mass is 10.3. The molecule has 114 valence electrons. The van der Waals surface area contributed by atoms with E-state index < -0.39 is 29.9 Å². The fourth-order valence-electron chi connectivity index (χ4n) is 1.70. The molecular weight excluding hydrogens is 312 g/mol. The molecule has 0 unspecified atom stereocenters. The molecule has 2 rings (SSSR count). The van der Waals surface area contributed by atoms with E-state index in [1.165, 1.54) is 11.4 Å². The molecule has 8 nitrogen and oxygen atoms in total. The fraction of sp³-hybridized carbons (Fsp3) is 0.0769. The van der Waals surface area contributed by atoms with E-state index >= 15 is 0 Å². The Morgan fingerprint density at radius 1 is 1.14 bits per heavy atom. The lowest BCUT2D eigenvalue weighted by molar-refractivity contribution is -0.116. The quantitative estimate of drug-likeness (QED) is 0.752. The Hall–Kier alpha value is -2.94. The van der Waals surface area contributed by atoms with Gasteiger partial charge in [-0.3, -0.25) is 9.59 Å². The minimum absolute atomic E-state index is 0.0278. The number of pyridine rings is 1. The number of carboxylic acid groups (broad SMARTS) is 2. The molecule has 0 aliphatic carbocycles. The molecule has 0 saturated carbocycles. The normalized spacial score (nSPS) is 10.2. The molecule has 0 spiro atoms. The van der Waals surface area contributed by atoms with Crippen LogP contribution >= 0.6 is 11.3 Å². The summed E-state index contributed by atoms with van der Waals surface area (Å²) in [7, 11) is 0. The van der Waals surface area contributed by atoms with Crippen molar-refractivity contribution in [1.82, 2.24) is 4.57 Å². The van der Waals surface area contributed by atoms with Gasteiger partial charge in [0.05, 0.1) is 11.3 Å². The molecule has 0 fully saturated rings. The Kier molecular flexibility index (Phi) is 4.37. The highest BCUT2D eigenvalue weighted by Crippen LogP contribution is 2.21. The highest BCUT2D eigenvalue weighted by atomic mass is 32.1. The number of thiophene rings is 1. The molecule has 2 aromatic rings. The van der Waals surface area contributed by atoms with Crippen molar-refractivity contribution in [2.75, 3.05) is 5.32 Å². The number of amides is 1. The molecule has 3 N–H and O–H groups in total. The van der Waals surface area contributed by atoms with Crippen LogP contribution in [0.5, 0.6) is 0 Å². The van der Waals surface area contributed by atoms with E-state index in [0.29, 0.717) is 0 Å². The number of rotatable bonds is 5. The molecule has 22 heavy (non-hydrogen) atoms. The predicted octanol–water partition coefficient (Wildman–Crippen LogP) is 0.945. The van der Waals surface area contributed by atoms with Gasteiger partial charge in [-0.15, -0.1) is 11.3 Å². The monoisotopic (exact) mass is 322 g/mol. The molecule has 0 radical (unpaired) electrons. The summed E-state index contributed by atoms with van der Waals surface area (Å²) in [6.07, 6.45) is 1.05. The van der Waals surface area contributed by atoms with Crippen LogP contribution in [0.2, 0.25) is 0 Å². The van der Waals surface area contributed by atoms with Crippen molar-refractivity contribution in [3.8, 4) is 0 Å². The number of carbonyl (C=O) groups excluding carboxylic acids is 1. The lowest BCUT2D eigenvalue weighted by Gasteiger charge is -2.07. The van der Waals surface area contributed by atoms with Crippen molar-refractivity contribution in [2.45, 2.75) is 6.54 Å². The maximum absolute atomic E-state index is 11.9. The summed E-state index contributed by atoms with van der Waals surface area (Å²) >= 11 is 0.955. The zero-order valence-electron chi connectivity index (χ0n) is 11.0. The summed E-state index contributed by atoms with van der Waals surface area (Å²) in [4.78, 5) is 45.2. The highest BCUT2D eigenvalue weighted by molar-refractivity contribution is 7.12. The molecule has 0 atom stereocenters. The Balaban J connectivity index is 2.17. The first-order valence-corrected chi connectivity index (χ1v) is 6.81. The van der Waals surface area contributed by atoms with Crippen LogP contribution in [0.3, 0.4) is 0 Å². The van der Waals surface area contributed by atoms with Crippen molar-refractivity contribution in [3.63, 3.8) is 0 Å². The number of nitrogens with one attached hydrogen (secondary N) is 1. The minimum Gasteiger partial charge on any atom is -0.478 e. The first-order chi connectivity index (χ1) is 10.4. The molecule has 9 heteroatoms.